The Morgan fingerprint density at radius 2 is 1.95 bits per heavy atom. The summed E-state index contributed by atoms with van der Waals surface area (Å²) in [6.45, 7) is 7.18. The molecule has 0 fully saturated rings. The minimum atomic E-state index is 0.827. The number of nitrogens with one attached hydrogen (secondary N) is 1. The number of aromatic nitrogens is 2. The molecule has 0 saturated heterocycles. The normalized spacial score (nSPS) is 10.4. The van der Waals surface area contributed by atoms with Crippen LogP contribution < -0.4 is 10.2 Å². The van der Waals surface area contributed by atoms with Crippen LogP contribution in [0.25, 0.3) is 0 Å². The van der Waals surface area contributed by atoms with Crippen molar-refractivity contribution in [3.8, 4) is 0 Å². The van der Waals surface area contributed by atoms with E-state index < -0.39 is 0 Å². The maximum atomic E-state index is 4.65. The average Bonchev–Trinajstić information content (AvgIpc) is 2.47. The number of hydrogen-bond acceptors (Lipinski definition) is 4. The quantitative estimate of drug-likeness (QED) is 0.902. The zero-order valence-corrected chi connectivity index (χ0v) is 12.6. The monoisotopic (exact) mass is 270 g/mol. The van der Waals surface area contributed by atoms with Crippen molar-refractivity contribution in [2.75, 3.05) is 23.8 Å². The first-order valence-corrected chi connectivity index (χ1v) is 7.07. The van der Waals surface area contributed by atoms with Gasteiger partial charge < -0.3 is 10.2 Å². The Morgan fingerprint density at radius 1 is 1.15 bits per heavy atom. The van der Waals surface area contributed by atoms with Crippen LogP contribution in [0.1, 0.15) is 25.2 Å². The summed E-state index contributed by atoms with van der Waals surface area (Å²) in [5.74, 6) is 2.66. The molecule has 0 radical (unpaired) electrons. The lowest BCUT2D eigenvalue weighted by Gasteiger charge is -2.23. The highest BCUT2D eigenvalue weighted by atomic mass is 15.2. The second-order valence-corrected chi connectivity index (χ2v) is 4.71. The topological polar surface area (TPSA) is 41.1 Å². The van der Waals surface area contributed by atoms with Crippen molar-refractivity contribution in [2.24, 2.45) is 0 Å². The van der Waals surface area contributed by atoms with Gasteiger partial charge >= 0.3 is 0 Å². The van der Waals surface area contributed by atoms with Crippen molar-refractivity contribution in [1.82, 2.24) is 9.97 Å². The summed E-state index contributed by atoms with van der Waals surface area (Å²) in [5, 5.41) is 3.11. The molecule has 20 heavy (non-hydrogen) atoms. The highest BCUT2D eigenvalue weighted by Gasteiger charge is 2.11. The van der Waals surface area contributed by atoms with E-state index in [1.54, 1.807) is 0 Å². The first-order valence-electron chi connectivity index (χ1n) is 7.07. The molecule has 1 aromatic carbocycles. The molecule has 0 aliphatic rings. The Kier molecular flexibility index (Phi) is 4.56. The van der Waals surface area contributed by atoms with Gasteiger partial charge in [0.25, 0.3) is 0 Å². The molecule has 0 saturated carbocycles. The molecule has 0 atom stereocenters. The Balaban J connectivity index is 2.45. The summed E-state index contributed by atoms with van der Waals surface area (Å²) in [4.78, 5) is 11.3. The standard InChI is InChI=1S/C16H22N4/c1-5-14-18-15(17-4)11-16(19-14)20(6-2)13-9-7-8-12(3)10-13/h7-11H,5-6H2,1-4H3,(H,17,18,19). The van der Waals surface area contributed by atoms with Gasteiger partial charge in [0.05, 0.1) is 0 Å². The van der Waals surface area contributed by atoms with E-state index >= 15 is 0 Å². The van der Waals surface area contributed by atoms with E-state index in [9.17, 15) is 0 Å². The van der Waals surface area contributed by atoms with Crippen LogP contribution >= 0.6 is 0 Å². The van der Waals surface area contributed by atoms with Crippen LogP contribution in [0.15, 0.2) is 30.3 Å². The highest BCUT2D eigenvalue weighted by Crippen LogP contribution is 2.25. The Bertz CT molecular complexity index is 558. The summed E-state index contributed by atoms with van der Waals surface area (Å²) in [5.41, 5.74) is 2.41. The van der Waals surface area contributed by atoms with Crippen molar-refractivity contribution >= 4 is 17.3 Å². The van der Waals surface area contributed by atoms with Gasteiger partial charge in [0.2, 0.25) is 0 Å². The Hall–Kier alpha value is -2.10. The van der Waals surface area contributed by atoms with E-state index in [4.69, 9.17) is 0 Å². The van der Waals surface area contributed by atoms with E-state index in [0.717, 1.165) is 36.1 Å². The molecule has 0 unspecified atom stereocenters. The van der Waals surface area contributed by atoms with E-state index in [1.165, 1.54) is 5.56 Å². The fourth-order valence-electron chi connectivity index (χ4n) is 2.18. The van der Waals surface area contributed by atoms with Crippen molar-refractivity contribution in [2.45, 2.75) is 27.2 Å². The zero-order chi connectivity index (χ0) is 14.5. The first-order chi connectivity index (χ1) is 9.67. The van der Waals surface area contributed by atoms with E-state index in [1.807, 2.05) is 13.1 Å². The minimum absolute atomic E-state index is 0.827. The average molecular weight is 270 g/mol. The molecular formula is C16H22N4. The fraction of sp³-hybridized carbons (Fsp3) is 0.375. The molecule has 0 amide bonds. The summed E-state index contributed by atoms with van der Waals surface area (Å²) in [7, 11) is 1.88. The largest absolute Gasteiger partial charge is 0.373 e. The van der Waals surface area contributed by atoms with Gasteiger partial charge in [0, 0.05) is 31.8 Å². The van der Waals surface area contributed by atoms with Crippen molar-refractivity contribution in [3.05, 3.63) is 41.7 Å². The molecule has 4 nitrogen and oxygen atoms in total. The van der Waals surface area contributed by atoms with Crippen molar-refractivity contribution in [3.63, 3.8) is 0 Å². The summed E-state index contributed by atoms with van der Waals surface area (Å²) in [6, 6.07) is 10.5. The molecule has 0 bridgehead atoms. The number of aryl methyl sites for hydroxylation is 2. The van der Waals surface area contributed by atoms with Gasteiger partial charge in [-0.25, -0.2) is 9.97 Å². The number of benzene rings is 1. The third-order valence-corrected chi connectivity index (χ3v) is 3.24. The van der Waals surface area contributed by atoms with Gasteiger partial charge in [-0.05, 0) is 31.5 Å². The third-order valence-electron chi connectivity index (χ3n) is 3.24. The molecule has 1 N–H and O–H groups in total. The predicted octanol–water partition coefficient (Wildman–Crippen LogP) is 3.55. The van der Waals surface area contributed by atoms with Crippen LogP contribution in [0.3, 0.4) is 0 Å². The predicted molar refractivity (Wildman–Crippen MR) is 84.8 cm³/mol. The van der Waals surface area contributed by atoms with Gasteiger partial charge in [-0.2, -0.15) is 0 Å². The van der Waals surface area contributed by atoms with Gasteiger partial charge in [-0.3, -0.25) is 0 Å². The van der Waals surface area contributed by atoms with Crippen LogP contribution in [0, 0.1) is 6.92 Å². The second kappa shape index (κ2) is 6.37. The smallest absolute Gasteiger partial charge is 0.138 e. The minimum Gasteiger partial charge on any atom is -0.373 e. The lowest BCUT2D eigenvalue weighted by molar-refractivity contribution is 0.904. The number of rotatable bonds is 5. The maximum Gasteiger partial charge on any atom is 0.138 e. The van der Waals surface area contributed by atoms with E-state index in [0.29, 0.717) is 0 Å². The van der Waals surface area contributed by atoms with Crippen molar-refractivity contribution < 1.29 is 0 Å². The number of hydrogen-bond donors (Lipinski definition) is 1. The van der Waals surface area contributed by atoms with Crippen LogP contribution in [0.4, 0.5) is 17.3 Å². The molecule has 0 aliphatic heterocycles. The van der Waals surface area contributed by atoms with Gasteiger partial charge in [-0.15, -0.1) is 0 Å². The van der Waals surface area contributed by atoms with Crippen LogP contribution in [0.5, 0.6) is 0 Å². The van der Waals surface area contributed by atoms with Gasteiger partial charge in [-0.1, -0.05) is 19.1 Å². The number of nitrogens with zero attached hydrogens (tertiary/aromatic N) is 3. The maximum absolute atomic E-state index is 4.65. The second-order valence-electron chi connectivity index (χ2n) is 4.71. The van der Waals surface area contributed by atoms with Crippen LogP contribution in [0.2, 0.25) is 0 Å². The third kappa shape index (κ3) is 3.07. The highest BCUT2D eigenvalue weighted by molar-refractivity contribution is 5.63. The van der Waals surface area contributed by atoms with Crippen LogP contribution in [-0.2, 0) is 6.42 Å². The molecule has 1 heterocycles. The summed E-state index contributed by atoms with van der Waals surface area (Å²) in [6.07, 6.45) is 0.827. The molecule has 1 aromatic heterocycles. The molecule has 0 spiro atoms. The summed E-state index contributed by atoms with van der Waals surface area (Å²) >= 11 is 0. The van der Waals surface area contributed by atoms with Crippen molar-refractivity contribution in [1.29, 1.82) is 0 Å². The first kappa shape index (κ1) is 14.3. The molecule has 0 aliphatic carbocycles. The van der Waals surface area contributed by atoms with Crippen LogP contribution in [-0.4, -0.2) is 23.6 Å². The molecule has 2 aromatic rings. The Morgan fingerprint density at radius 3 is 2.55 bits per heavy atom. The lowest BCUT2D eigenvalue weighted by atomic mass is 10.2. The fourth-order valence-corrected chi connectivity index (χ4v) is 2.18. The molecule has 106 valence electrons. The van der Waals surface area contributed by atoms with E-state index in [-0.39, 0.29) is 0 Å². The van der Waals surface area contributed by atoms with Gasteiger partial charge in [0.1, 0.15) is 17.5 Å². The SMILES string of the molecule is CCc1nc(NC)cc(N(CC)c2cccc(C)c2)n1. The number of anilines is 3. The summed E-state index contributed by atoms with van der Waals surface area (Å²) < 4.78 is 0. The molecule has 2 rings (SSSR count). The van der Waals surface area contributed by atoms with E-state index in [2.05, 4.69) is 65.2 Å². The lowest BCUT2D eigenvalue weighted by Crippen LogP contribution is -2.18. The molecular weight excluding hydrogens is 248 g/mol. The Labute approximate surface area is 120 Å². The molecule has 4 heteroatoms. The zero-order valence-electron chi connectivity index (χ0n) is 12.6. The van der Waals surface area contributed by atoms with Gasteiger partial charge in [0.15, 0.2) is 0 Å².